The van der Waals surface area contributed by atoms with Crippen molar-refractivity contribution in [2.45, 2.75) is 33.1 Å². The van der Waals surface area contributed by atoms with Crippen LogP contribution in [0.15, 0.2) is 66.9 Å². The number of pyridine rings is 1. The molecule has 0 aliphatic carbocycles. The summed E-state index contributed by atoms with van der Waals surface area (Å²) in [5.41, 5.74) is 2.66. The van der Waals surface area contributed by atoms with Crippen LogP contribution in [-0.4, -0.2) is 49.3 Å². The van der Waals surface area contributed by atoms with E-state index in [0.29, 0.717) is 46.1 Å². The number of likely N-dealkylation sites (tertiary alicyclic amines) is 1. The van der Waals surface area contributed by atoms with Gasteiger partial charge in [-0.15, -0.1) is 0 Å². The molecule has 0 spiro atoms. The van der Waals surface area contributed by atoms with E-state index >= 15 is 4.39 Å². The van der Waals surface area contributed by atoms with Gasteiger partial charge in [-0.3, -0.25) is 4.98 Å². The molecule has 1 saturated heterocycles. The molecule has 1 aliphatic rings. The lowest BCUT2D eigenvalue weighted by Crippen LogP contribution is -2.34. The molecule has 0 unspecified atom stereocenters. The minimum atomic E-state index is -0.622. The van der Waals surface area contributed by atoms with E-state index in [1.54, 1.807) is 43.6 Å². The van der Waals surface area contributed by atoms with Gasteiger partial charge in [-0.2, -0.15) is 0 Å². The quantitative estimate of drug-likeness (QED) is 0.190. The smallest absolute Gasteiger partial charge is 0.323 e. The molecule has 2 amide bonds. The molecule has 220 valence electrons. The predicted octanol–water partition coefficient (Wildman–Crippen LogP) is 7.63. The number of amides is 2. The maximum atomic E-state index is 15.0. The van der Waals surface area contributed by atoms with Gasteiger partial charge in [0.15, 0.2) is 23.1 Å². The summed E-state index contributed by atoms with van der Waals surface area (Å²) in [6.07, 6.45) is 5.04. The molecule has 2 heterocycles. The number of methoxy groups -OCH3 is 1. The number of nitrogens with one attached hydrogen (secondary N) is 2. The lowest BCUT2D eigenvalue weighted by atomic mass is 9.99. The summed E-state index contributed by atoms with van der Waals surface area (Å²) in [4.78, 5) is 19.3. The van der Waals surface area contributed by atoms with Crippen LogP contribution >= 0.6 is 0 Å². The van der Waals surface area contributed by atoms with Crippen LogP contribution in [0.3, 0.4) is 0 Å². The summed E-state index contributed by atoms with van der Waals surface area (Å²) in [5, 5.41) is 6.02. The second-order valence-corrected chi connectivity index (χ2v) is 10.7. The molecule has 1 fully saturated rings. The fourth-order valence-corrected chi connectivity index (χ4v) is 4.96. The summed E-state index contributed by atoms with van der Waals surface area (Å²) in [7, 11) is 1.58. The van der Waals surface area contributed by atoms with Crippen molar-refractivity contribution in [1.82, 2.24) is 9.88 Å². The van der Waals surface area contributed by atoms with Crippen LogP contribution in [0.5, 0.6) is 23.0 Å². The second kappa shape index (κ2) is 13.5. The van der Waals surface area contributed by atoms with E-state index in [9.17, 15) is 4.79 Å². The molecular weight excluding hydrogens is 535 g/mol. The number of ether oxygens (including phenoxy) is 3. The molecule has 9 heteroatoms. The number of carbonyl (C=O) groups excluding carboxylic acids is 1. The van der Waals surface area contributed by atoms with E-state index < -0.39 is 11.8 Å². The Hall–Kier alpha value is -4.37. The lowest BCUT2D eigenvalue weighted by Gasteiger charge is -2.30. The van der Waals surface area contributed by atoms with Gasteiger partial charge in [0.25, 0.3) is 0 Å². The first-order valence-electron chi connectivity index (χ1n) is 14.3. The van der Waals surface area contributed by atoms with E-state index in [1.807, 2.05) is 25.1 Å². The van der Waals surface area contributed by atoms with Gasteiger partial charge in [-0.1, -0.05) is 24.6 Å². The monoisotopic (exact) mass is 572 g/mol. The van der Waals surface area contributed by atoms with E-state index in [2.05, 4.69) is 27.4 Å². The van der Waals surface area contributed by atoms with Gasteiger partial charge in [0.2, 0.25) is 0 Å². The number of nitrogens with zero attached hydrogens (tertiary/aromatic N) is 2. The van der Waals surface area contributed by atoms with Gasteiger partial charge in [0.1, 0.15) is 5.75 Å². The molecule has 0 radical (unpaired) electrons. The molecule has 0 saturated carbocycles. The number of aromatic nitrogens is 1. The summed E-state index contributed by atoms with van der Waals surface area (Å²) in [6.45, 7) is 8.16. The molecule has 1 aliphatic heterocycles. The number of piperidine rings is 1. The highest BCUT2D eigenvalue weighted by Gasteiger charge is 2.17. The Morgan fingerprint density at radius 2 is 1.69 bits per heavy atom. The van der Waals surface area contributed by atoms with Crippen molar-refractivity contribution in [2.24, 2.45) is 5.92 Å². The Bertz CT molecular complexity index is 1520. The predicted molar refractivity (Wildman–Crippen MR) is 164 cm³/mol. The van der Waals surface area contributed by atoms with Crippen molar-refractivity contribution in [3.05, 3.63) is 78.2 Å². The lowest BCUT2D eigenvalue weighted by molar-refractivity contribution is 0.176. The Morgan fingerprint density at radius 3 is 2.43 bits per heavy atom. The number of carbonyl (C=O) groups is 1. The zero-order chi connectivity index (χ0) is 29.5. The van der Waals surface area contributed by atoms with Crippen LogP contribution in [0, 0.1) is 18.7 Å². The first-order valence-corrected chi connectivity index (χ1v) is 14.3. The fraction of sp³-hybridized carbons (Fsp3) is 0.333. The van der Waals surface area contributed by atoms with Crippen LogP contribution in [0.2, 0.25) is 0 Å². The molecule has 8 nitrogen and oxygen atoms in total. The SMILES string of the molecule is COc1cc2c(Oc3ccc(NC(=O)Nc4ccc(C)cc4)cc3F)ccnc2cc1OCCCN1CCC(C)CC1. The third kappa shape index (κ3) is 7.47. The van der Waals surface area contributed by atoms with E-state index in [4.69, 9.17) is 14.2 Å². The van der Waals surface area contributed by atoms with Gasteiger partial charge in [0, 0.05) is 41.6 Å². The number of anilines is 2. The normalized spacial score (nSPS) is 14.0. The molecule has 0 bridgehead atoms. The highest BCUT2D eigenvalue weighted by molar-refractivity contribution is 5.99. The van der Waals surface area contributed by atoms with Crippen molar-refractivity contribution in [3.63, 3.8) is 0 Å². The zero-order valence-corrected chi connectivity index (χ0v) is 24.3. The summed E-state index contributed by atoms with van der Waals surface area (Å²) < 4.78 is 32.7. The van der Waals surface area contributed by atoms with E-state index in [1.165, 1.54) is 25.0 Å². The third-order valence-electron chi connectivity index (χ3n) is 7.46. The van der Waals surface area contributed by atoms with Crippen LogP contribution < -0.4 is 24.8 Å². The Kier molecular flexibility index (Phi) is 9.38. The Labute approximate surface area is 245 Å². The minimum Gasteiger partial charge on any atom is -0.493 e. The number of hydrogen-bond acceptors (Lipinski definition) is 6. The highest BCUT2D eigenvalue weighted by Crippen LogP contribution is 2.38. The van der Waals surface area contributed by atoms with Gasteiger partial charge >= 0.3 is 6.03 Å². The molecule has 3 aromatic carbocycles. The summed E-state index contributed by atoms with van der Waals surface area (Å²) in [5.74, 6) is 1.78. The van der Waals surface area contributed by atoms with Gasteiger partial charge < -0.3 is 29.7 Å². The van der Waals surface area contributed by atoms with Crippen molar-refractivity contribution < 1.29 is 23.4 Å². The third-order valence-corrected chi connectivity index (χ3v) is 7.46. The Morgan fingerprint density at radius 1 is 0.952 bits per heavy atom. The van der Waals surface area contributed by atoms with Crippen LogP contribution in [0.1, 0.15) is 31.7 Å². The molecule has 2 N–H and O–H groups in total. The number of hydrogen-bond donors (Lipinski definition) is 2. The first kappa shape index (κ1) is 29.1. The highest BCUT2D eigenvalue weighted by atomic mass is 19.1. The largest absolute Gasteiger partial charge is 0.493 e. The summed E-state index contributed by atoms with van der Waals surface area (Å²) in [6, 6.07) is 16.5. The summed E-state index contributed by atoms with van der Waals surface area (Å²) >= 11 is 0. The fourth-order valence-electron chi connectivity index (χ4n) is 4.96. The molecule has 5 rings (SSSR count). The Balaban J connectivity index is 1.23. The van der Waals surface area contributed by atoms with Crippen LogP contribution in [-0.2, 0) is 0 Å². The maximum Gasteiger partial charge on any atom is 0.323 e. The standard InChI is InChI=1S/C33H37FN4O4/c1-22-5-7-24(8-6-22)36-33(39)37-25-9-10-30(27(34)19-25)42-29-11-14-35-28-21-32(31(40-3)20-26(28)29)41-18-4-15-38-16-12-23(2)13-17-38/h5-11,14,19-21,23H,4,12-13,15-18H2,1-3H3,(H2,36,37,39). The number of fused-ring (bicyclic) bond motifs is 1. The average Bonchev–Trinajstić information content (AvgIpc) is 2.98. The van der Waals surface area contributed by atoms with Gasteiger partial charge in [-0.05, 0) is 81.6 Å². The van der Waals surface area contributed by atoms with Crippen molar-refractivity contribution in [2.75, 3.05) is 44.0 Å². The van der Waals surface area contributed by atoms with E-state index in [0.717, 1.165) is 37.5 Å². The second-order valence-electron chi connectivity index (χ2n) is 10.7. The molecule has 0 atom stereocenters. The average molecular weight is 573 g/mol. The van der Waals surface area contributed by atoms with Crippen LogP contribution in [0.4, 0.5) is 20.6 Å². The van der Waals surface area contributed by atoms with Crippen molar-refractivity contribution >= 4 is 28.3 Å². The maximum absolute atomic E-state index is 15.0. The first-order chi connectivity index (χ1) is 20.4. The molecule has 42 heavy (non-hydrogen) atoms. The number of benzene rings is 3. The van der Waals surface area contributed by atoms with Crippen molar-refractivity contribution in [3.8, 4) is 23.0 Å². The molecule has 1 aromatic heterocycles. The number of urea groups is 1. The van der Waals surface area contributed by atoms with E-state index in [-0.39, 0.29) is 5.75 Å². The van der Waals surface area contributed by atoms with Crippen LogP contribution in [0.25, 0.3) is 10.9 Å². The molecule has 4 aromatic rings. The molecular formula is C33H37FN4O4. The number of rotatable bonds is 10. The number of halogens is 1. The van der Waals surface area contributed by atoms with Gasteiger partial charge in [0.05, 0.1) is 19.2 Å². The zero-order valence-electron chi connectivity index (χ0n) is 24.3. The van der Waals surface area contributed by atoms with Crippen molar-refractivity contribution in [1.29, 1.82) is 0 Å². The van der Waals surface area contributed by atoms with Gasteiger partial charge in [-0.25, -0.2) is 9.18 Å². The topological polar surface area (TPSA) is 85.0 Å². The minimum absolute atomic E-state index is 0.0124. The number of aryl methyl sites for hydroxylation is 1.